The summed E-state index contributed by atoms with van der Waals surface area (Å²) in [5, 5.41) is 2.74. The van der Waals surface area contributed by atoms with Gasteiger partial charge in [-0.05, 0) is 31.0 Å². The van der Waals surface area contributed by atoms with Gasteiger partial charge >= 0.3 is 6.18 Å². The molecule has 0 radical (unpaired) electrons. The second-order valence-electron chi connectivity index (χ2n) is 4.86. The summed E-state index contributed by atoms with van der Waals surface area (Å²) >= 11 is 0. The van der Waals surface area contributed by atoms with Crippen LogP contribution in [-0.2, 0) is 11.0 Å². The predicted octanol–water partition coefficient (Wildman–Crippen LogP) is 4.80. The lowest BCUT2D eigenvalue weighted by Gasteiger charge is -2.19. The van der Waals surface area contributed by atoms with E-state index in [0.717, 1.165) is 18.6 Å². The fraction of sp³-hybridized carbons (Fsp3) is 0.353. The van der Waals surface area contributed by atoms with E-state index in [9.17, 15) is 18.0 Å². The molecule has 2 nitrogen and oxygen atoms in total. The average molecular weight is 311 g/mol. The molecule has 0 bridgehead atoms. The van der Waals surface area contributed by atoms with Crippen molar-refractivity contribution >= 4 is 5.91 Å². The van der Waals surface area contributed by atoms with E-state index in [1.54, 1.807) is 24.3 Å². The molecule has 0 aliphatic rings. The first-order valence-corrected chi connectivity index (χ1v) is 7.15. The summed E-state index contributed by atoms with van der Waals surface area (Å²) in [6, 6.07) is 4.65. The van der Waals surface area contributed by atoms with Gasteiger partial charge in [-0.2, -0.15) is 13.2 Å². The number of hydrogen-bond acceptors (Lipinski definition) is 1. The molecule has 1 unspecified atom stereocenters. The van der Waals surface area contributed by atoms with Crippen molar-refractivity contribution in [1.82, 2.24) is 5.32 Å². The van der Waals surface area contributed by atoms with Crippen LogP contribution in [0, 0.1) is 0 Å². The number of halogens is 3. The Balaban J connectivity index is 2.93. The van der Waals surface area contributed by atoms with Gasteiger partial charge in [-0.25, -0.2) is 0 Å². The Morgan fingerprint density at radius 3 is 2.64 bits per heavy atom. The fourth-order valence-corrected chi connectivity index (χ4v) is 2.02. The molecule has 5 heteroatoms. The lowest BCUT2D eigenvalue weighted by Crippen LogP contribution is -2.27. The van der Waals surface area contributed by atoms with E-state index >= 15 is 0 Å². The van der Waals surface area contributed by atoms with Crippen molar-refractivity contribution < 1.29 is 18.0 Å². The molecule has 0 saturated heterocycles. The summed E-state index contributed by atoms with van der Waals surface area (Å²) in [6.07, 6.45) is 3.37. The second kappa shape index (κ2) is 8.41. The third-order valence-corrected chi connectivity index (χ3v) is 3.06. The average Bonchev–Trinajstić information content (AvgIpc) is 2.46. The minimum Gasteiger partial charge on any atom is -0.346 e. The lowest BCUT2D eigenvalue weighted by atomic mass is 10.00. The number of rotatable bonds is 6. The van der Waals surface area contributed by atoms with Gasteiger partial charge in [0.1, 0.15) is 0 Å². The molecule has 1 aromatic rings. The zero-order valence-corrected chi connectivity index (χ0v) is 12.7. The third-order valence-electron chi connectivity index (χ3n) is 3.06. The van der Waals surface area contributed by atoms with Crippen LogP contribution in [0.5, 0.6) is 0 Å². The maximum atomic E-state index is 12.8. The second-order valence-corrected chi connectivity index (χ2v) is 4.86. The van der Waals surface area contributed by atoms with E-state index in [1.165, 1.54) is 12.1 Å². The Labute approximate surface area is 128 Å². The Hall–Kier alpha value is -2.04. The van der Waals surface area contributed by atoms with Crippen molar-refractivity contribution in [2.75, 3.05) is 0 Å². The minimum absolute atomic E-state index is 0.325. The molecule has 0 spiro atoms. The summed E-state index contributed by atoms with van der Waals surface area (Å²) < 4.78 is 38.3. The van der Waals surface area contributed by atoms with Gasteiger partial charge in [-0.1, -0.05) is 43.7 Å². The van der Waals surface area contributed by atoms with Crippen LogP contribution in [0.4, 0.5) is 13.2 Å². The Kier molecular flexibility index (Phi) is 6.89. The van der Waals surface area contributed by atoms with E-state index in [4.69, 9.17) is 0 Å². The van der Waals surface area contributed by atoms with Crippen LogP contribution >= 0.6 is 0 Å². The first-order valence-electron chi connectivity index (χ1n) is 7.15. The number of amides is 1. The van der Waals surface area contributed by atoms with Crippen molar-refractivity contribution in [2.45, 2.75) is 38.9 Å². The maximum Gasteiger partial charge on any atom is 0.416 e. The molecule has 1 aromatic carbocycles. The van der Waals surface area contributed by atoms with Crippen molar-refractivity contribution in [3.05, 3.63) is 59.7 Å². The van der Waals surface area contributed by atoms with Gasteiger partial charge in [0, 0.05) is 6.08 Å². The minimum atomic E-state index is -4.39. The summed E-state index contributed by atoms with van der Waals surface area (Å²) in [4.78, 5) is 11.8. The van der Waals surface area contributed by atoms with Gasteiger partial charge in [0.15, 0.2) is 0 Å². The zero-order valence-electron chi connectivity index (χ0n) is 12.7. The van der Waals surface area contributed by atoms with E-state index < -0.39 is 17.8 Å². The Morgan fingerprint density at radius 1 is 1.32 bits per heavy atom. The number of nitrogens with one attached hydrogen (secondary N) is 1. The molecule has 1 N–H and O–H groups in total. The summed E-state index contributed by atoms with van der Waals surface area (Å²) in [5.41, 5.74) is -0.241. The largest absolute Gasteiger partial charge is 0.416 e. The highest BCUT2D eigenvalue weighted by atomic mass is 19.4. The molecular formula is C17H20F3NO. The molecular weight excluding hydrogens is 291 g/mol. The number of benzene rings is 1. The highest BCUT2D eigenvalue weighted by Crippen LogP contribution is 2.31. The SMILES string of the molecule is CC=CC=CC(=O)NC(CCC)c1cccc(C(F)(F)F)c1. The van der Waals surface area contributed by atoms with Gasteiger partial charge in [-0.3, -0.25) is 4.79 Å². The summed E-state index contributed by atoms with van der Waals surface area (Å²) in [5.74, 6) is -0.325. The van der Waals surface area contributed by atoms with E-state index in [2.05, 4.69) is 5.32 Å². The van der Waals surface area contributed by atoms with Crippen LogP contribution in [0.2, 0.25) is 0 Å². The monoisotopic (exact) mass is 311 g/mol. The first kappa shape index (κ1) is 18.0. The van der Waals surface area contributed by atoms with Gasteiger partial charge in [0.05, 0.1) is 11.6 Å². The third kappa shape index (κ3) is 5.76. The summed E-state index contributed by atoms with van der Waals surface area (Å²) in [6.45, 7) is 3.74. The normalized spacial score (nSPS) is 13.7. The van der Waals surface area contributed by atoms with E-state index in [-0.39, 0.29) is 5.91 Å². The van der Waals surface area contributed by atoms with Crippen molar-refractivity contribution in [3.63, 3.8) is 0 Å². The molecule has 0 fully saturated rings. The molecule has 120 valence electrons. The zero-order chi connectivity index (χ0) is 16.6. The smallest absolute Gasteiger partial charge is 0.346 e. The van der Waals surface area contributed by atoms with Gasteiger partial charge in [0.25, 0.3) is 0 Å². The molecule has 0 aliphatic heterocycles. The molecule has 1 amide bonds. The molecule has 0 aliphatic carbocycles. The highest BCUT2D eigenvalue weighted by Gasteiger charge is 2.31. The van der Waals surface area contributed by atoms with Crippen molar-refractivity contribution in [2.24, 2.45) is 0 Å². The quantitative estimate of drug-likeness (QED) is 0.593. The number of carbonyl (C=O) groups is 1. The molecule has 0 aromatic heterocycles. The predicted molar refractivity (Wildman–Crippen MR) is 81.2 cm³/mol. The highest BCUT2D eigenvalue weighted by molar-refractivity contribution is 5.88. The van der Waals surface area contributed by atoms with Crippen LogP contribution in [-0.4, -0.2) is 5.91 Å². The molecule has 0 saturated carbocycles. The number of alkyl halides is 3. The molecule has 22 heavy (non-hydrogen) atoms. The van der Waals surface area contributed by atoms with Gasteiger partial charge in [0.2, 0.25) is 5.91 Å². The van der Waals surface area contributed by atoms with Crippen LogP contribution in [0.15, 0.2) is 48.6 Å². The molecule has 0 heterocycles. The first-order chi connectivity index (χ1) is 10.4. The number of carbonyl (C=O) groups excluding carboxylic acids is 1. The van der Waals surface area contributed by atoms with E-state index in [0.29, 0.717) is 12.0 Å². The lowest BCUT2D eigenvalue weighted by molar-refractivity contribution is -0.137. The van der Waals surface area contributed by atoms with Crippen LogP contribution in [0.1, 0.15) is 43.9 Å². The van der Waals surface area contributed by atoms with Crippen LogP contribution in [0.25, 0.3) is 0 Å². The molecule has 1 rings (SSSR count). The molecule has 1 atom stereocenters. The maximum absolute atomic E-state index is 12.8. The number of allylic oxidation sites excluding steroid dienone is 3. The standard InChI is InChI=1S/C17H20F3NO/c1-3-5-6-11-16(22)21-15(8-4-2)13-9-7-10-14(12-13)17(18,19)20/h3,5-7,9-12,15H,4,8H2,1-2H3,(H,21,22). The van der Waals surface area contributed by atoms with Crippen molar-refractivity contribution in [1.29, 1.82) is 0 Å². The van der Waals surface area contributed by atoms with Gasteiger partial charge < -0.3 is 5.32 Å². The topological polar surface area (TPSA) is 29.1 Å². The van der Waals surface area contributed by atoms with Crippen LogP contribution in [0.3, 0.4) is 0 Å². The number of hydrogen-bond donors (Lipinski definition) is 1. The Morgan fingerprint density at radius 2 is 2.05 bits per heavy atom. The fourth-order valence-electron chi connectivity index (χ4n) is 2.02. The summed E-state index contributed by atoms with van der Waals surface area (Å²) in [7, 11) is 0. The van der Waals surface area contributed by atoms with Gasteiger partial charge in [-0.15, -0.1) is 0 Å². The van der Waals surface area contributed by atoms with E-state index in [1.807, 2.05) is 13.8 Å². The van der Waals surface area contributed by atoms with Crippen LogP contribution < -0.4 is 5.32 Å². The Bertz CT molecular complexity index is 547. The van der Waals surface area contributed by atoms with Crippen molar-refractivity contribution in [3.8, 4) is 0 Å².